The molecule has 1 N–H and O–H groups in total. The quantitative estimate of drug-likeness (QED) is 0.776. The Kier molecular flexibility index (Phi) is 1.83. The fourth-order valence-electron chi connectivity index (χ4n) is 2.37. The lowest BCUT2D eigenvalue weighted by molar-refractivity contribution is 0.883. The summed E-state index contributed by atoms with van der Waals surface area (Å²) in [5.74, 6) is 1.18. The van der Waals surface area contributed by atoms with E-state index in [9.17, 15) is 0 Å². The smallest absolute Gasteiger partial charge is 0.181 e. The first-order valence-electron chi connectivity index (χ1n) is 5.48. The summed E-state index contributed by atoms with van der Waals surface area (Å²) in [6.07, 6.45) is 2.89. The monoisotopic (exact) mass is 217 g/mol. The second-order valence-electron chi connectivity index (χ2n) is 4.21. The molecule has 0 radical (unpaired) electrons. The van der Waals surface area contributed by atoms with E-state index in [-0.39, 0.29) is 0 Å². The van der Waals surface area contributed by atoms with Crippen molar-refractivity contribution < 1.29 is 0 Å². The topological polar surface area (TPSA) is 45.5 Å². The zero-order valence-corrected chi connectivity index (χ0v) is 9.78. The van der Waals surface area contributed by atoms with Gasteiger partial charge in [0.05, 0.1) is 11.9 Å². The van der Waals surface area contributed by atoms with Gasteiger partial charge in [-0.3, -0.25) is 0 Å². The highest BCUT2D eigenvalue weighted by atomic mass is 15.4. The van der Waals surface area contributed by atoms with E-state index in [4.69, 9.17) is 0 Å². The highest BCUT2D eigenvalue weighted by Crippen LogP contribution is 2.30. The molecule has 2 aromatic rings. The minimum Gasteiger partial charge on any atom is -0.384 e. The van der Waals surface area contributed by atoms with Crippen LogP contribution in [0.3, 0.4) is 0 Å². The number of anilines is 2. The predicted octanol–water partition coefficient (Wildman–Crippen LogP) is 1.07. The molecule has 0 saturated heterocycles. The van der Waals surface area contributed by atoms with Crippen molar-refractivity contribution in [2.24, 2.45) is 0 Å². The second kappa shape index (κ2) is 3.10. The van der Waals surface area contributed by atoms with Gasteiger partial charge in [0.25, 0.3) is 0 Å². The van der Waals surface area contributed by atoms with Crippen LogP contribution in [0.15, 0.2) is 6.20 Å². The average Bonchev–Trinajstić information content (AvgIpc) is 2.82. The lowest BCUT2D eigenvalue weighted by atomic mass is 10.2. The average molecular weight is 217 g/mol. The summed E-state index contributed by atoms with van der Waals surface area (Å²) in [6.45, 7) is 3.12. The summed E-state index contributed by atoms with van der Waals surface area (Å²) < 4.78 is 1.93. The van der Waals surface area contributed by atoms with Gasteiger partial charge in [0.15, 0.2) is 5.65 Å². The maximum Gasteiger partial charge on any atom is 0.181 e. The Morgan fingerprint density at radius 3 is 3.00 bits per heavy atom. The number of hydrogen-bond acceptors (Lipinski definition) is 4. The molecule has 0 saturated carbocycles. The zero-order valence-electron chi connectivity index (χ0n) is 9.78. The SMILES string of the molecule is CNc1cnn2c3c(c(C)nc12)CCN3C. The van der Waals surface area contributed by atoms with Crippen LogP contribution >= 0.6 is 0 Å². The Morgan fingerprint density at radius 1 is 1.44 bits per heavy atom. The van der Waals surface area contributed by atoms with E-state index < -0.39 is 0 Å². The maximum atomic E-state index is 4.62. The van der Waals surface area contributed by atoms with E-state index in [1.807, 2.05) is 17.8 Å². The fraction of sp³-hybridized carbons (Fsp3) is 0.455. The molecule has 5 heteroatoms. The third-order valence-corrected chi connectivity index (χ3v) is 3.25. The highest BCUT2D eigenvalue weighted by Gasteiger charge is 2.23. The van der Waals surface area contributed by atoms with Crippen LogP contribution in [-0.2, 0) is 6.42 Å². The van der Waals surface area contributed by atoms with Gasteiger partial charge in [-0.05, 0) is 13.3 Å². The number of nitrogens with zero attached hydrogens (tertiary/aromatic N) is 4. The summed E-state index contributed by atoms with van der Waals surface area (Å²) in [5, 5.41) is 7.52. The first-order chi connectivity index (χ1) is 7.72. The van der Waals surface area contributed by atoms with Crippen molar-refractivity contribution in [1.82, 2.24) is 14.6 Å². The standard InChI is InChI=1S/C11H15N5/c1-7-8-4-5-15(3)11(8)16-10(14-7)9(12-2)6-13-16/h6,12H,4-5H2,1-3H3. The largest absolute Gasteiger partial charge is 0.384 e. The van der Waals surface area contributed by atoms with E-state index >= 15 is 0 Å². The molecule has 0 bridgehead atoms. The highest BCUT2D eigenvalue weighted by molar-refractivity contribution is 5.71. The molecule has 0 unspecified atom stereocenters. The fourth-order valence-corrected chi connectivity index (χ4v) is 2.37. The summed E-state index contributed by atoms with van der Waals surface area (Å²) in [7, 11) is 4.00. The van der Waals surface area contributed by atoms with E-state index in [1.54, 1.807) is 0 Å². The lowest BCUT2D eigenvalue weighted by Gasteiger charge is -2.14. The number of fused-ring (bicyclic) bond motifs is 3. The molecule has 0 atom stereocenters. The van der Waals surface area contributed by atoms with Gasteiger partial charge < -0.3 is 10.2 Å². The van der Waals surface area contributed by atoms with Gasteiger partial charge in [0.2, 0.25) is 0 Å². The molecule has 0 amide bonds. The molecule has 1 aliphatic rings. The molecular weight excluding hydrogens is 202 g/mol. The molecule has 0 aliphatic carbocycles. The van der Waals surface area contributed by atoms with E-state index in [2.05, 4.69) is 34.3 Å². The summed E-state index contributed by atoms with van der Waals surface area (Å²) in [5.41, 5.74) is 4.32. The van der Waals surface area contributed by atoms with Gasteiger partial charge in [0.1, 0.15) is 5.82 Å². The van der Waals surface area contributed by atoms with Crippen LogP contribution < -0.4 is 10.2 Å². The molecule has 2 aromatic heterocycles. The summed E-state index contributed by atoms with van der Waals surface area (Å²) >= 11 is 0. The molecule has 0 spiro atoms. The van der Waals surface area contributed by atoms with Gasteiger partial charge in [-0.2, -0.15) is 9.61 Å². The van der Waals surface area contributed by atoms with Crippen LogP contribution in [-0.4, -0.2) is 35.2 Å². The normalized spacial score (nSPS) is 14.6. The van der Waals surface area contributed by atoms with Gasteiger partial charge in [0, 0.05) is 31.9 Å². The van der Waals surface area contributed by atoms with Crippen molar-refractivity contribution in [3.05, 3.63) is 17.5 Å². The van der Waals surface area contributed by atoms with Crippen LogP contribution in [0, 0.1) is 6.92 Å². The molecular formula is C11H15N5. The molecule has 3 heterocycles. The Bertz CT molecular complexity index is 557. The summed E-state index contributed by atoms with van der Waals surface area (Å²) in [6, 6.07) is 0. The Balaban J connectivity index is 2.39. The first kappa shape index (κ1) is 9.45. The third kappa shape index (κ3) is 1.05. The molecule has 0 aromatic carbocycles. The van der Waals surface area contributed by atoms with Crippen molar-refractivity contribution in [1.29, 1.82) is 0 Å². The third-order valence-electron chi connectivity index (χ3n) is 3.25. The van der Waals surface area contributed by atoms with E-state index in [0.717, 1.165) is 30.0 Å². The molecule has 1 aliphatic heterocycles. The van der Waals surface area contributed by atoms with Gasteiger partial charge in [-0.25, -0.2) is 4.98 Å². The van der Waals surface area contributed by atoms with Gasteiger partial charge >= 0.3 is 0 Å². The molecule has 16 heavy (non-hydrogen) atoms. The number of nitrogens with one attached hydrogen (secondary N) is 1. The Hall–Kier alpha value is -1.78. The van der Waals surface area contributed by atoms with Crippen molar-refractivity contribution in [3.63, 3.8) is 0 Å². The number of hydrogen-bond donors (Lipinski definition) is 1. The number of aromatic nitrogens is 3. The molecule has 0 fully saturated rings. The van der Waals surface area contributed by atoms with E-state index in [1.165, 1.54) is 11.4 Å². The van der Waals surface area contributed by atoms with Crippen LogP contribution in [0.5, 0.6) is 0 Å². The van der Waals surface area contributed by atoms with Gasteiger partial charge in [-0.1, -0.05) is 0 Å². The molecule has 5 nitrogen and oxygen atoms in total. The van der Waals surface area contributed by atoms with Crippen molar-refractivity contribution in [2.75, 3.05) is 30.9 Å². The number of rotatable bonds is 1. The predicted molar refractivity (Wildman–Crippen MR) is 64.2 cm³/mol. The number of likely N-dealkylation sites (N-methyl/N-ethyl adjacent to an activating group) is 1. The van der Waals surface area contributed by atoms with Crippen LogP contribution in [0.2, 0.25) is 0 Å². The first-order valence-corrected chi connectivity index (χ1v) is 5.48. The maximum absolute atomic E-state index is 4.62. The Labute approximate surface area is 94.1 Å². The van der Waals surface area contributed by atoms with Crippen molar-refractivity contribution >= 4 is 17.2 Å². The van der Waals surface area contributed by atoms with Crippen LogP contribution in [0.25, 0.3) is 5.65 Å². The van der Waals surface area contributed by atoms with E-state index in [0.29, 0.717) is 0 Å². The van der Waals surface area contributed by atoms with Crippen molar-refractivity contribution in [3.8, 4) is 0 Å². The second-order valence-corrected chi connectivity index (χ2v) is 4.21. The summed E-state index contributed by atoms with van der Waals surface area (Å²) in [4.78, 5) is 6.86. The van der Waals surface area contributed by atoms with Crippen LogP contribution in [0.1, 0.15) is 11.3 Å². The number of aryl methyl sites for hydroxylation is 1. The molecule has 84 valence electrons. The molecule has 3 rings (SSSR count). The van der Waals surface area contributed by atoms with Crippen molar-refractivity contribution in [2.45, 2.75) is 13.3 Å². The van der Waals surface area contributed by atoms with Gasteiger partial charge in [-0.15, -0.1) is 0 Å². The lowest BCUT2D eigenvalue weighted by Crippen LogP contribution is -2.16. The Morgan fingerprint density at radius 2 is 2.25 bits per heavy atom. The minimum absolute atomic E-state index is 0.910. The zero-order chi connectivity index (χ0) is 11.3. The van der Waals surface area contributed by atoms with Crippen LogP contribution in [0.4, 0.5) is 11.5 Å². The minimum atomic E-state index is 0.910.